The van der Waals surface area contributed by atoms with Gasteiger partial charge < -0.3 is 10.3 Å². The number of thioether (sulfide) groups is 1. The molecule has 1 amide bonds. The summed E-state index contributed by atoms with van der Waals surface area (Å²) in [5.41, 5.74) is 1.74. The standard InChI is InChI=1S/C14H18N2OS/c1-10(7-9-18-2)16-14(17)12-4-3-5-13-11(12)6-8-15-13/h3-6,8,10,15H,7,9H2,1-2H3,(H,16,17). The third-order valence-corrected chi connectivity index (χ3v) is 3.62. The molecule has 0 saturated carbocycles. The normalized spacial score (nSPS) is 12.6. The second-order valence-corrected chi connectivity index (χ2v) is 5.39. The highest BCUT2D eigenvalue weighted by atomic mass is 32.2. The van der Waals surface area contributed by atoms with E-state index in [-0.39, 0.29) is 11.9 Å². The van der Waals surface area contributed by atoms with E-state index in [1.54, 1.807) is 11.8 Å². The fourth-order valence-electron chi connectivity index (χ4n) is 1.95. The maximum absolute atomic E-state index is 12.2. The summed E-state index contributed by atoms with van der Waals surface area (Å²) in [7, 11) is 0. The number of amides is 1. The van der Waals surface area contributed by atoms with Gasteiger partial charge in [0.05, 0.1) is 0 Å². The fourth-order valence-corrected chi connectivity index (χ4v) is 2.54. The minimum Gasteiger partial charge on any atom is -0.361 e. The van der Waals surface area contributed by atoms with Gasteiger partial charge in [-0.25, -0.2) is 0 Å². The quantitative estimate of drug-likeness (QED) is 0.870. The molecule has 1 heterocycles. The van der Waals surface area contributed by atoms with Gasteiger partial charge >= 0.3 is 0 Å². The number of carbonyl (C=O) groups excluding carboxylic acids is 1. The summed E-state index contributed by atoms with van der Waals surface area (Å²) in [5, 5.41) is 4.03. The number of rotatable bonds is 5. The van der Waals surface area contributed by atoms with E-state index in [1.165, 1.54) is 0 Å². The second-order valence-electron chi connectivity index (χ2n) is 4.40. The summed E-state index contributed by atoms with van der Waals surface area (Å²) in [6.45, 7) is 2.05. The molecule has 1 atom stereocenters. The number of carbonyl (C=O) groups is 1. The van der Waals surface area contributed by atoms with E-state index in [2.05, 4.69) is 16.6 Å². The molecule has 96 valence electrons. The van der Waals surface area contributed by atoms with E-state index in [4.69, 9.17) is 0 Å². The molecule has 0 fully saturated rings. The number of hydrogen-bond acceptors (Lipinski definition) is 2. The van der Waals surface area contributed by atoms with Crippen LogP contribution in [0, 0.1) is 0 Å². The zero-order valence-electron chi connectivity index (χ0n) is 10.7. The van der Waals surface area contributed by atoms with Crippen molar-refractivity contribution in [1.82, 2.24) is 10.3 Å². The van der Waals surface area contributed by atoms with Crippen LogP contribution in [0.4, 0.5) is 0 Å². The highest BCUT2D eigenvalue weighted by Crippen LogP contribution is 2.17. The third kappa shape index (κ3) is 2.88. The van der Waals surface area contributed by atoms with E-state index in [0.717, 1.165) is 28.6 Å². The lowest BCUT2D eigenvalue weighted by atomic mass is 10.1. The Morgan fingerprint density at radius 2 is 2.28 bits per heavy atom. The second kappa shape index (κ2) is 5.96. The first kappa shape index (κ1) is 13.0. The Hall–Kier alpha value is -1.42. The van der Waals surface area contributed by atoms with Gasteiger partial charge in [-0.2, -0.15) is 11.8 Å². The molecule has 0 bridgehead atoms. The van der Waals surface area contributed by atoms with E-state index < -0.39 is 0 Å². The van der Waals surface area contributed by atoms with Crippen LogP contribution in [0.3, 0.4) is 0 Å². The van der Waals surface area contributed by atoms with Crippen LogP contribution in [0.25, 0.3) is 10.9 Å². The van der Waals surface area contributed by atoms with Crippen LogP contribution in [0.1, 0.15) is 23.7 Å². The Morgan fingerprint density at radius 1 is 1.44 bits per heavy atom. The molecule has 3 nitrogen and oxygen atoms in total. The summed E-state index contributed by atoms with van der Waals surface area (Å²) in [4.78, 5) is 15.3. The summed E-state index contributed by atoms with van der Waals surface area (Å²) in [5.74, 6) is 1.07. The van der Waals surface area contributed by atoms with Gasteiger partial charge in [-0.15, -0.1) is 0 Å². The van der Waals surface area contributed by atoms with Crippen molar-refractivity contribution in [2.75, 3.05) is 12.0 Å². The maximum Gasteiger partial charge on any atom is 0.252 e. The number of hydrogen-bond donors (Lipinski definition) is 2. The van der Waals surface area contributed by atoms with Crippen molar-refractivity contribution in [2.24, 2.45) is 0 Å². The first-order chi connectivity index (χ1) is 8.72. The van der Waals surface area contributed by atoms with Gasteiger partial charge in [-0.3, -0.25) is 4.79 Å². The number of fused-ring (bicyclic) bond motifs is 1. The first-order valence-corrected chi connectivity index (χ1v) is 7.47. The topological polar surface area (TPSA) is 44.9 Å². The lowest BCUT2D eigenvalue weighted by Crippen LogP contribution is -2.33. The van der Waals surface area contributed by atoms with Crippen molar-refractivity contribution in [1.29, 1.82) is 0 Å². The van der Waals surface area contributed by atoms with Gasteiger partial charge in [0.1, 0.15) is 0 Å². The summed E-state index contributed by atoms with van der Waals surface area (Å²) in [6, 6.07) is 7.90. The fraction of sp³-hybridized carbons (Fsp3) is 0.357. The van der Waals surface area contributed by atoms with Crippen molar-refractivity contribution in [3.8, 4) is 0 Å². The predicted molar refractivity (Wildman–Crippen MR) is 78.2 cm³/mol. The molecule has 2 aromatic rings. The Labute approximate surface area is 111 Å². The molecule has 1 unspecified atom stereocenters. The van der Waals surface area contributed by atoms with Crippen LogP contribution in [0.15, 0.2) is 30.5 Å². The summed E-state index contributed by atoms with van der Waals surface area (Å²) >= 11 is 1.80. The molecule has 2 N–H and O–H groups in total. The molecule has 0 spiro atoms. The number of benzene rings is 1. The molecule has 0 radical (unpaired) electrons. The molecule has 0 aliphatic carbocycles. The largest absolute Gasteiger partial charge is 0.361 e. The molecular weight excluding hydrogens is 244 g/mol. The van der Waals surface area contributed by atoms with E-state index >= 15 is 0 Å². The van der Waals surface area contributed by atoms with E-state index in [1.807, 2.05) is 37.4 Å². The first-order valence-electron chi connectivity index (χ1n) is 6.08. The summed E-state index contributed by atoms with van der Waals surface area (Å²) < 4.78 is 0. The third-order valence-electron chi connectivity index (χ3n) is 2.97. The van der Waals surface area contributed by atoms with Crippen LogP contribution >= 0.6 is 11.8 Å². The predicted octanol–water partition coefficient (Wildman–Crippen LogP) is 3.04. The van der Waals surface area contributed by atoms with E-state index in [0.29, 0.717) is 0 Å². The van der Waals surface area contributed by atoms with Gasteiger partial charge in [0.2, 0.25) is 0 Å². The van der Waals surface area contributed by atoms with Gasteiger partial charge in [0.15, 0.2) is 0 Å². The highest BCUT2D eigenvalue weighted by Gasteiger charge is 2.12. The van der Waals surface area contributed by atoms with Gasteiger partial charge in [0, 0.05) is 28.7 Å². The molecule has 0 saturated heterocycles. The van der Waals surface area contributed by atoms with Gasteiger partial charge in [-0.1, -0.05) is 6.07 Å². The molecule has 2 rings (SSSR count). The SMILES string of the molecule is CSCCC(C)NC(=O)c1cccc2[nH]ccc12. The smallest absolute Gasteiger partial charge is 0.252 e. The van der Waals surface area contributed by atoms with Crippen molar-refractivity contribution in [2.45, 2.75) is 19.4 Å². The monoisotopic (exact) mass is 262 g/mol. The molecule has 1 aromatic heterocycles. The Morgan fingerprint density at radius 3 is 3.06 bits per heavy atom. The summed E-state index contributed by atoms with van der Waals surface area (Å²) in [6.07, 6.45) is 4.93. The van der Waals surface area contributed by atoms with Crippen molar-refractivity contribution < 1.29 is 4.79 Å². The number of nitrogens with one attached hydrogen (secondary N) is 2. The van der Waals surface area contributed by atoms with Crippen LogP contribution in [0.2, 0.25) is 0 Å². The van der Waals surface area contributed by atoms with Crippen molar-refractivity contribution in [3.63, 3.8) is 0 Å². The molecule has 1 aromatic carbocycles. The number of H-pyrrole nitrogens is 1. The minimum atomic E-state index is 0.00815. The Balaban J connectivity index is 2.11. The number of aromatic amines is 1. The minimum absolute atomic E-state index is 0.00815. The zero-order valence-corrected chi connectivity index (χ0v) is 11.5. The van der Waals surface area contributed by atoms with Crippen molar-refractivity contribution >= 4 is 28.6 Å². The molecule has 4 heteroatoms. The van der Waals surface area contributed by atoms with Gasteiger partial charge in [0.25, 0.3) is 5.91 Å². The number of aromatic nitrogens is 1. The van der Waals surface area contributed by atoms with Crippen LogP contribution in [-0.2, 0) is 0 Å². The lowest BCUT2D eigenvalue weighted by molar-refractivity contribution is 0.0941. The Kier molecular flexibility index (Phi) is 4.31. The van der Waals surface area contributed by atoms with Crippen LogP contribution in [-0.4, -0.2) is 28.9 Å². The Bertz CT molecular complexity index is 535. The maximum atomic E-state index is 12.2. The van der Waals surface area contributed by atoms with Gasteiger partial charge in [-0.05, 0) is 43.6 Å². The molecule has 0 aliphatic rings. The average Bonchev–Trinajstić information content (AvgIpc) is 2.84. The zero-order chi connectivity index (χ0) is 13.0. The molecule has 18 heavy (non-hydrogen) atoms. The average molecular weight is 262 g/mol. The van der Waals surface area contributed by atoms with Crippen molar-refractivity contribution in [3.05, 3.63) is 36.0 Å². The highest BCUT2D eigenvalue weighted by molar-refractivity contribution is 7.98. The van der Waals surface area contributed by atoms with E-state index in [9.17, 15) is 4.79 Å². The van der Waals surface area contributed by atoms with Crippen LogP contribution in [0.5, 0.6) is 0 Å². The van der Waals surface area contributed by atoms with Crippen LogP contribution < -0.4 is 5.32 Å². The molecular formula is C14H18N2OS. The lowest BCUT2D eigenvalue weighted by Gasteiger charge is -2.13. The molecule has 0 aliphatic heterocycles.